The minimum atomic E-state index is -0.865. The van der Waals surface area contributed by atoms with E-state index < -0.39 is 5.97 Å². The second-order valence-corrected chi connectivity index (χ2v) is 6.53. The van der Waals surface area contributed by atoms with Crippen LogP contribution in [0.3, 0.4) is 0 Å². The number of carboxylic acids is 1. The van der Waals surface area contributed by atoms with Crippen LogP contribution >= 0.6 is 0 Å². The number of fused-ring (bicyclic) bond motifs is 1. The molecule has 4 nitrogen and oxygen atoms in total. The van der Waals surface area contributed by atoms with Gasteiger partial charge in [0.15, 0.2) is 0 Å². The maximum atomic E-state index is 11.8. The lowest BCUT2D eigenvalue weighted by Gasteiger charge is -2.11. The molecule has 126 valence electrons. The minimum Gasteiger partial charge on any atom is -0.478 e. The molecule has 1 aromatic heterocycles. The van der Waals surface area contributed by atoms with E-state index in [4.69, 9.17) is 5.73 Å². The summed E-state index contributed by atoms with van der Waals surface area (Å²) in [7, 11) is 0. The molecular weight excluding hydrogens is 288 g/mol. The monoisotopic (exact) mass is 316 g/mol. The van der Waals surface area contributed by atoms with Crippen molar-refractivity contribution >= 4 is 16.9 Å². The van der Waals surface area contributed by atoms with E-state index in [1.165, 1.54) is 5.56 Å². The van der Waals surface area contributed by atoms with Gasteiger partial charge in [0.25, 0.3) is 0 Å². The number of aryl methyl sites for hydroxylation is 1. The van der Waals surface area contributed by atoms with Gasteiger partial charge in [-0.15, -0.1) is 0 Å². The first-order valence-corrected chi connectivity index (χ1v) is 8.51. The molecule has 0 amide bonds. The molecule has 2 rings (SSSR count). The molecule has 0 radical (unpaired) electrons. The summed E-state index contributed by atoms with van der Waals surface area (Å²) >= 11 is 0. The number of aromatic carboxylic acids is 1. The largest absolute Gasteiger partial charge is 0.478 e. The first-order chi connectivity index (χ1) is 10.9. The third kappa shape index (κ3) is 3.27. The van der Waals surface area contributed by atoms with Gasteiger partial charge in [0.2, 0.25) is 0 Å². The number of unbranched alkanes of at least 4 members (excludes halogenated alkanes) is 1. The Morgan fingerprint density at radius 3 is 2.57 bits per heavy atom. The Bertz CT molecular complexity index is 714. The number of carboxylic acid groups (broad SMARTS) is 1. The summed E-state index contributed by atoms with van der Waals surface area (Å²) in [6.45, 7) is 9.61. The van der Waals surface area contributed by atoms with Crippen LogP contribution in [0.15, 0.2) is 12.1 Å². The van der Waals surface area contributed by atoms with E-state index in [1.807, 2.05) is 6.07 Å². The SMILES string of the molecule is CCCCc1c(C)n(CCN)c2c(C(=O)O)cc(C(C)C)cc12. The lowest BCUT2D eigenvalue weighted by molar-refractivity contribution is 0.0698. The summed E-state index contributed by atoms with van der Waals surface area (Å²) in [5, 5.41) is 10.8. The zero-order valence-electron chi connectivity index (χ0n) is 14.6. The van der Waals surface area contributed by atoms with E-state index >= 15 is 0 Å². The average Bonchev–Trinajstić information content (AvgIpc) is 2.77. The van der Waals surface area contributed by atoms with Gasteiger partial charge in [-0.2, -0.15) is 0 Å². The normalized spacial score (nSPS) is 11.6. The van der Waals surface area contributed by atoms with Crippen molar-refractivity contribution < 1.29 is 9.90 Å². The van der Waals surface area contributed by atoms with E-state index in [1.54, 1.807) is 0 Å². The van der Waals surface area contributed by atoms with Crippen molar-refractivity contribution in [2.75, 3.05) is 6.54 Å². The van der Waals surface area contributed by atoms with Crippen LogP contribution in [0.5, 0.6) is 0 Å². The number of hydrogen-bond donors (Lipinski definition) is 2. The van der Waals surface area contributed by atoms with E-state index in [0.717, 1.165) is 41.4 Å². The summed E-state index contributed by atoms with van der Waals surface area (Å²) in [6, 6.07) is 4.00. The Hall–Kier alpha value is -1.81. The van der Waals surface area contributed by atoms with Crippen molar-refractivity contribution in [3.63, 3.8) is 0 Å². The third-order valence-electron chi connectivity index (χ3n) is 4.60. The molecule has 0 aliphatic heterocycles. The molecule has 0 spiro atoms. The number of carbonyl (C=O) groups is 1. The van der Waals surface area contributed by atoms with Gasteiger partial charge in [-0.05, 0) is 48.9 Å². The second kappa shape index (κ2) is 7.18. The maximum absolute atomic E-state index is 11.8. The van der Waals surface area contributed by atoms with Crippen molar-refractivity contribution in [1.82, 2.24) is 4.57 Å². The van der Waals surface area contributed by atoms with Gasteiger partial charge in [-0.25, -0.2) is 4.79 Å². The molecule has 2 aromatic rings. The highest BCUT2D eigenvalue weighted by Crippen LogP contribution is 2.33. The van der Waals surface area contributed by atoms with Gasteiger partial charge >= 0.3 is 5.97 Å². The molecule has 23 heavy (non-hydrogen) atoms. The van der Waals surface area contributed by atoms with Crippen molar-refractivity contribution in [3.8, 4) is 0 Å². The molecule has 1 aromatic carbocycles. The van der Waals surface area contributed by atoms with Crippen LogP contribution < -0.4 is 5.73 Å². The van der Waals surface area contributed by atoms with Crippen molar-refractivity contribution in [3.05, 3.63) is 34.5 Å². The summed E-state index contributed by atoms with van der Waals surface area (Å²) in [4.78, 5) is 11.8. The number of nitrogens with two attached hydrogens (primary N) is 1. The molecule has 0 unspecified atom stereocenters. The fraction of sp³-hybridized carbons (Fsp3) is 0.526. The number of rotatable bonds is 7. The highest BCUT2D eigenvalue weighted by atomic mass is 16.4. The molecule has 0 fully saturated rings. The van der Waals surface area contributed by atoms with Crippen LogP contribution in [0.25, 0.3) is 10.9 Å². The summed E-state index contributed by atoms with van der Waals surface area (Å²) in [5.41, 5.74) is 10.5. The lowest BCUT2D eigenvalue weighted by atomic mass is 9.95. The van der Waals surface area contributed by atoms with E-state index in [2.05, 4.69) is 38.3 Å². The zero-order chi connectivity index (χ0) is 17.1. The molecule has 0 saturated carbocycles. The van der Waals surface area contributed by atoms with Crippen LogP contribution in [0.4, 0.5) is 0 Å². The number of nitrogens with zero attached hydrogens (tertiary/aromatic N) is 1. The topological polar surface area (TPSA) is 68.2 Å². The van der Waals surface area contributed by atoms with Crippen LogP contribution in [0.1, 0.15) is 66.7 Å². The molecule has 3 N–H and O–H groups in total. The predicted octanol–water partition coefficient (Wildman–Crippen LogP) is 4.07. The number of aromatic nitrogens is 1. The highest BCUT2D eigenvalue weighted by Gasteiger charge is 2.21. The van der Waals surface area contributed by atoms with Gasteiger partial charge in [-0.1, -0.05) is 27.2 Å². The fourth-order valence-corrected chi connectivity index (χ4v) is 3.28. The summed E-state index contributed by atoms with van der Waals surface area (Å²) in [6.07, 6.45) is 3.21. The first-order valence-electron chi connectivity index (χ1n) is 8.51. The number of benzene rings is 1. The fourth-order valence-electron chi connectivity index (χ4n) is 3.28. The van der Waals surface area contributed by atoms with Gasteiger partial charge < -0.3 is 15.4 Å². The van der Waals surface area contributed by atoms with Gasteiger partial charge in [0, 0.05) is 24.2 Å². The predicted molar refractivity (Wildman–Crippen MR) is 95.4 cm³/mol. The molecule has 0 bridgehead atoms. The van der Waals surface area contributed by atoms with E-state index in [9.17, 15) is 9.90 Å². The lowest BCUT2D eigenvalue weighted by Crippen LogP contribution is -2.13. The molecule has 4 heteroatoms. The Kier molecular flexibility index (Phi) is 5.47. The smallest absolute Gasteiger partial charge is 0.337 e. The maximum Gasteiger partial charge on any atom is 0.337 e. The molecule has 1 heterocycles. The number of hydrogen-bond acceptors (Lipinski definition) is 2. The van der Waals surface area contributed by atoms with E-state index in [-0.39, 0.29) is 0 Å². The summed E-state index contributed by atoms with van der Waals surface area (Å²) in [5.74, 6) is -0.565. The molecule has 0 saturated heterocycles. The Labute approximate surface area is 138 Å². The standard InChI is InChI=1S/C19H28N2O2/c1-5-6-7-15-13(4)21(9-8-20)18-16(15)10-14(12(2)3)11-17(18)19(22)23/h10-12H,5-9,20H2,1-4H3,(H,22,23). The average molecular weight is 316 g/mol. The van der Waals surface area contributed by atoms with Crippen LogP contribution in [-0.4, -0.2) is 22.2 Å². The molecular formula is C19H28N2O2. The Balaban J connectivity index is 2.83. The summed E-state index contributed by atoms with van der Waals surface area (Å²) < 4.78 is 2.09. The quantitative estimate of drug-likeness (QED) is 0.809. The minimum absolute atomic E-state index is 0.301. The van der Waals surface area contributed by atoms with Crippen LogP contribution in [0.2, 0.25) is 0 Å². The second-order valence-electron chi connectivity index (χ2n) is 6.53. The van der Waals surface area contributed by atoms with Crippen molar-refractivity contribution in [1.29, 1.82) is 0 Å². The molecule has 0 atom stereocenters. The van der Waals surface area contributed by atoms with Crippen LogP contribution in [-0.2, 0) is 13.0 Å². The first kappa shape index (κ1) is 17.5. The molecule has 0 aliphatic rings. The van der Waals surface area contributed by atoms with E-state index in [0.29, 0.717) is 24.6 Å². The van der Waals surface area contributed by atoms with Gasteiger partial charge in [0.05, 0.1) is 11.1 Å². The van der Waals surface area contributed by atoms with Crippen molar-refractivity contribution in [2.45, 2.75) is 59.4 Å². The van der Waals surface area contributed by atoms with Crippen molar-refractivity contribution in [2.24, 2.45) is 5.73 Å². The highest BCUT2D eigenvalue weighted by molar-refractivity contribution is 6.04. The third-order valence-corrected chi connectivity index (χ3v) is 4.60. The zero-order valence-corrected chi connectivity index (χ0v) is 14.6. The Morgan fingerprint density at radius 1 is 1.35 bits per heavy atom. The Morgan fingerprint density at radius 2 is 2.04 bits per heavy atom. The molecule has 0 aliphatic carbocycles. The van der Waals surface area contributed by atoms with Crippen LogP contribution in [0, 0.1) is 6.92 Å². The van der Waals surface area contributed by atoms with Gasteiger partial charge in [-0.3, -0.25) is 0 Å². The van der Waals surface area contributed by atoms with Gasteiger partial charge in [0.1, 0.15) is 0 Å².